The lowest BCUT2D eigenvalue weighted by Crippen LogP contribution is -2.15. The van der Waals surface area contributed by atoms with Crippen LogP contribution in [-0.4, -0.2) is 0 Å². The highest BCUT2D eigenvalue weighted by atomic mass is 14.2. The summed E-state index contributed by atoms with van der Waals surface area (Å²) in [6.45, 7) is 10.7. The zero-order valence-corrected chi connectivity index (χ0v) is 7.85. The minimum Gasteiger partial charge on any atom is -0.0998 e. The van der Waals surface area contributed by atoms with E-state index in [1.165, 1.54) is 18.4 Å². The van der Waals surface area contributed by atoms with E-state index in [0.717, 1.165) is 5.92 Å². The number of hydrogen-bond donors (Lipinski definition) is 0. The Balaban J connectivity index is 2.68. The third kappa shape index (κ3) is 1.95. The summed E-state index contributed by atoms with van der Waals surface area (Å²) in [6.07, 6.45) is 4.96. The second-order valence-electron chi connectivity index (χ2n) is 3.86. The van der Waals surface area contributed by atoms with Crippen LogP contribution in [0.25, 0.3) is 0 Å². The molecule has 0 N–H and O–H groups in total. The summed E-state index contributed by atoms with van der Waals surface area (Å²) in [7, 11) is 0. The van der Waals surface area contributed by atoms with Crippen LogP contribution in [0.2, 0.25) is 0 Å². The van der Waals surface area contributed by atoms with Crippen LogP contribution in [0.3, 0.4) is 0 Å². The molecular formula is C11H18. The monoisotopic (exact) mass is 150 g/mol. The van der Waals surface area contributed by atoms with Crippen molar-refractivity contribution in [2.45, 2.75) is 33.6 Å². The van der Waals surface area contributed by atoms with Gasteiger partial charge in [0, 0.05) is 0 Å². The normalized spacial score (nSPS) is 31.4. The van der Waals surface area contributed by atoms with Gasteiger partial charge in [0.1, 0.15) is 0 Å². The van der Waals surface area contributed by atoms with E-state index >= 15 is 0 Å². The lowest BCUT2D eigenvalue weighted by molar-refractivity contribution is 0.428. The van der Waals surface area contributed by atoms with Gasteiger partial charge in [-0.3, -0.25) is 0 Å². The molecule has 2 unspecified atom stereocenters. The molecule has 0 aliphatic heterocycles. The molecule has 0 spiro atoms. The molecule has 0 aromatic rings. The van der Waals surface area contributed by atoms with E-state index in [1.807, 2.05) is 0 Å². The molecule has 0 saturated heterocycles. The smallest absolute Gasteiger partial charge is 0.0145 e. The molecule has 0 heterocycles. The summed E-state index contributed by atoms with van der Waals surface area (Å²) in [4.78, 5) is 0. The molecule has 0 aromatic carbocycles. The highest BCUT2D eigenvalue weighted by molar-refractivity contribution is 5.12. The van der Waals surface area contributed by atoms with Crippen molar-refractivity contribution in [3.8, 4) is 0 Å². The number of rotatable bonds is 1. The Bertz CT molecular complexity index is 186. The van der Waals surface area contributed by atoms with Crippen LogP contribution >= 0.6 is 0 Å². The van der Waals surface area contributed by atoms with Crippen molar-refractivity contribution in [2.75, 3.05) is 0 Å². The minimum atomic E-state index is 0.709. The molecule has 62 valence electrons. The fourth-order valence-corrected chi connectivity index (χ4v) is 1.99. The standard InChI is InChI=1S/C11H18/c1-8(2)11-6-5-9(3)7-10(11)4/h7,10-11H,1,5-6H2,2-4H3. The largest absolute Gasteiger partial charge is 0.0998 e. The molecule has 11 heavy (non-hydrogen) atoms. The SMILES string of the molecule is C=C(C)C1CCC(C)=CC1C. The molecule has 0 amide bonds. The summed E-state index contributed by atoms with van der Waals surface area (Å²) in [5, 5.41) is 0. The molecule has 1 aliphatic rings. The molecule has 2 atom stereocenters. The van der Waals surface area contributed by atoms with Gasteiger partial charge in [0.15, 0.2) is 0 Å². The van der Waals surface area contributed by atoms with Gasteiger partial charge in [0.05, 0.1) is 0 Å². The van der Waals surface area contributed by atoms with Crippen LogP contribution in [0.5, 0.6) is 0 Å². The fraction of sp³-hybridized carbons (Fsp3) is 0.636. The average molecular weight is 150 g/mol. The molecule has 0 bridgehead atoms. The van der Waals surface area contributed by atoms with Gasteiger partial charge in [-0.25, -0.2) is 0 Å². The third-order valence-corrected chi connectivity index (χ3v) is 2.66. The van der Waals surface area contributed by atoms with E-state index in [1.54, 1.807) is 5.57 Å². The molecule has 0 nitrogen and oxygen atoms in total. The molecule has 0 fully saturated rings. The Kier molecular flexibility index (Phi) is 2.53. The van der Waals surface area contributed by atoms with E-state index < -0.39 is 0 Å². The average Bonchev–Trinajstić information content (AvgIpc) is 1.85. The summed E-state index contributed by atoms with van der Waals surface area (Å²) < 4.78 is 0. The van der Waals surface area contributed by atoms with E-state index in [-0.39, 0.29) is 0 Å². The van der Waals surface area contributed by atoms with Gasteiger partial charge in [0.25, 0.3) is 0 Å². The van der Waals surface area contributed by atoms with Crippen molar-refractivity contribution in [1.82, 2.24) is 0 Å². The lowest BCUT2D eigenvalue weighted by atomic mass is 9.79. The lowest BCUT2D eigenvalue weighted by Gasteiger charge is -2.27. The summed E-state index contributed by atoms with van der Waals surface area (Å²) in [5.74, 6) is 1.44. The Labute approximate surface area is 70.0 Å². The maximum absolute atomic E-state index is 4.02. The maximum Gasteiger partial charge on any atom is -0.0145 e. The van der Waals surface area contributed by atoms with E-state index in [4.69, 9.17) is 0 Å². The van der Waals surface area contributed by atoms with Crippen molar-refractivity contribution < 1.29 is 0 Å². The van der Waals surface area contributed by atoms with Crippen LogP contribution in [0, 0.1) is 11.8 Å². The zero-order valence-electron chi connectivity index (χ0n) is 7.85. The quantitative estimate of drug-likeness (QED) is 0.501. The Hall–Kier alpha value is -0.520. The van der Waals surface area contributed by atoms with Gasteiger partial charge in [0.2, 0.25) is 0 Å². The van der Waals surface area contributed by atoms with Crippen LogP contribution in [0.1, 0.15) is 33.6 Å². The van der Waals surface area contributed by atoms with Crippen LogP contribution in [0.4, 0.5) is 0 Å². The highest BCUT2D eigenvalue weighted by Gasteiger charge is 2.19. The second kappa shape index (κ2) is 3.25. The first-order valence-corrected chi connectivity index (χ1v) is 4.44. The second-order valence-corrected chi connectivity index (χ2v) is 3.86. The molecular weight excluding hydrogens is 132 g/mol. The van der Waals surface area contributed by atoms with E-state index in [2.05, 4.69) is 33.4 Å². The predicted molar refractivity (Wildman–Crippen MR) is 50.5 cm³/mol. The topological polar surface area (TPSA) is 0 Å². The minimum absolute atomic E-state index is 0.709. The molecule has 0 heteroatoms. The first-order valence-electron chi connectivity index (χ1n) is 4.44. The fourth-order valence-electron chi connectivity index (χ4n) is 1.99. The molecule has 0 radical (unpaired) electrons. The first-order chi connectivity index (χ1) is 5.11. The first kappa shape index (κ1) is 8.58. The highest BCUT2D eigenvalue weighted by Crippen LogP contribution is 2.32. The van der Waals surface area contributed by atoms with Crippen LogP contribution in [0.15, 0.2) is 23.8 Å². The third-order valence-electron chi connectivity index (χ3n) is 2.66. The van der Waals surface area contributed by atoms with Crippen molar-refractivity contribution >= 4 is 0 Å². The van der Waals surface area contributed by atoms with Crippen molar-refractivity contribution in [3.05, 3.63) is 23.8 Å². The summed E-state index contributed by atoms with van der Waals surface area (Å²) in [5.41, 5.74) is 2.90. The Morgan fingerprint density at radius 3 is 2.73 bits per heavy atom. The van der Waals surface area contributed by atoms with Gasteiger partial charge in [-0.15, -0.1) is 0 Å². The van der Waals surface area contributed by atoms with Crippen molar-refractivity contribution in [1.29, 1.82) is 0 Å². The predicted octanol–water partition coefficient (Wildman–Crippen LogP) is 3.55. The van der Waals surface area contributed by atoms with Crippen LogP contribution < -0.4 is 0 Å². The van der Waals surface area contributed by atoms with Crippen molar-refractivity contribution in [2.24, 2.45) is 11.8 Å². The number of allylic oxidation sites excluding steroid dienone is 3. The molecule has 0 aromatic heterocycles. The maximum atomic E-state index is 4.02. The van der Waals surface area contributed by atoms with Crippen LogP contribution in [-0.2, 0) is 0 Å². The summed E-state index contributed by atoms with van der Waals surface area (Å²) in [6, 6.07) is 0. The molecule has 1 aliphatic carbocycles. The van der Waals surface area contributed by atoms with E-state index in [9.17, 15) is 0 Å². The Morgan fingerprint density at radius 2 is 2.27 bits per heavy atom. The Morgan fingerprint density at radius 1 is 1.64 bits per heavy atom. The summed E-state index contributed by atoms with van der Waals surface area (Å²) >= 11 is 0. The van der Waals surface area contributed by atoms with E-state index in [0.29, 0.717) is 5.92 Å². The number of hydrogen-bond acceptors (Lipinski definition) is 0. The van der Waals surface area contributed by atoms with Gasteiger partial charge < -0.3 is 0 Å². The molecule has 1 rings (SSSR count). The van der Waals surface area contributed by atoms with Gasteiger partial charge in [-0.1, -0.05) is 30.7 Å². The van der Waals surface area contributed by atoms with Gasteiger partial charge in [-0.05, 0) is 38.5 Å². The van der Waals surface area contributed by atoms with Crippen molar-refractivity contribution in [3.63, 3.8) is 0 Å². The van der Waals surface area contributed by atoms with Gasteiger partial charge in [-0.2, -0.15) is 0 Å². The van der Waals surface area contributed by atoms with Gasteiger partial charge >= 0.3 is 0 Å². The molecule has 0 saturated carbocycles. The zero-order chi connectivity index (χ0) is 8.43.